The summed E-state index contributed by atoms with van der Waals surface area (Å²) in [4.78, 5) is 0. The van der Waals surface area contributed by atoms with Gasteiger partial charge in [0.05, 0.1) is 16.9 Å². The van der Waals surface area contributed by atoms with E-state index in [1.807, 2.05) is 12.1 Å². The van der Waals surface area contributed by atoms with E-state index in [1.54, 1.807) is 30.8 Å². The minimum Gasteiger partial charge on any atom is -0.379 e. The number of aliphatic hydroxyl groups is 1. The van der Waals surface area contributed by atoms with Crippen molar-refractivity contribution in [3.63, 3.8) is 0 Å². The first-order valence-corrected chi connectivity index (χ1v) is 5.85. The number of nitrogens with zero attached hydrogens (tertiary/aromatic N) is 2. The van der Waals surface area contributed by atoms with Gasteiger partial charge in [0.2, 0.25) is 0 Å². The highest BCUT2D eigenvalue weighted by Gasteiger charge is 2.33. The Kier molecular flexibility index (Phi) is 3.17. The summed E-state index contributed by atoms with van der Waals surface area (Å²) in [6.07, 6.45) is 1.50. The van der Waals surface area contributed by atoms with Crippen LogP contribution in [0.15, 0.2) is 30.5 Å². The Morgan fingerprint density at radius 1 is 1.24 bits per heavy atom. The average Bonchev–Trinajstić information content (AvgIpc) is 2.59. The largest absolute Gasteiger partial charge is 0.379 e. The maximum atomic E-state index is 10.7. The van der Waals surface area contributed by atoms with Gasteiger partial charge in [-0.3, -0.25) is 4.68 Å². The fourth-order valence-corrected chi connectivity index (χ4v) is 2.61. The van der Waals surface area contributed by atoms with Crippen molar-refractivity contribution in [2.45, 2.75) is 12.5 Å². The zero-order chi connectivity index (χ0) is 12.6. The molecule has 1 atom stereocenters. The van der Waals surface area contributed by atoms with Crippen LogP contribution in [0, 0.1) is 0 Å². The molecule has 2 rings (SSSR count). The van der Waals surface area contributed by atoms with Crippen molar-refractivity contribution in [2.24, 2.45) is 7.05 Å². The Balaban J connectivity index is 2.62. The summed E-state index contributed by atoms with van der Waals surface area (Å²) in [6.45, 7) is 1.65. The Labute approximate surface area is 110 Å². The van der Waals surface area contributed by atoms with Crippen LogP contribution in [-0.4, -0.2) is 14.9 Å². The highest BCUT2D eigenvalue weighted by molar-refractivity contribution is 6.32. The minimum absolute atomic E-state index is 0.414. The second-order valence-corrected chi connectivity index (χ2v) is 4.83. The van der Waals surface area contributed by atoms with Crippen molar-refractivity contribution in [3.8, 4) is 0 Å². The van der Waals surface area contributed by atoms with Gasteiger partial charge in [-0.05, 0) is 13.0 Å². The van der Waals surface area contributed by atoms with E-state index in [2.05, 4.69) is 5.10 Å². The molecule has 1 heterocycles. The van der Waals surface area contributed by atoms with Gasteiger partial charge in [0, 0.05) is 17.6 Å². The number of hydrogen-bond donors (Lipinski definition) is 1. The van der Waals surface area contributed by atoms with Crippen LogP contribution in [-0.2, 0) is 12.6 Å². The molecule has 0 bridgehead atoms. The van der Waals surface area contributed by atoms with Crippen molar-refractivity contribution in [3.05, 3.63) is 51.8 Å². The molecule has 0 aliphatic carbocycles. The van der Waals surface area contributed by atoms with Crippen LogP contribution in [0.25, 0.3) is 0 Å². The number of aryl methyl sites for hydroxylation is 1. The normalized spacial score (nSPS) is 14.6. The third-order valence-corrected chi connectivity index (χ3v) is 3.36. The maximum Gasteiger partial charge on any atom is 0.131 e. The lowest BCUT2D eigenvalue weighted by Crippen LogP contribution is -2.26. The molecular formula is C12H12Cl2N2O. The number of rotatable bonds is 2. The number of benzene rings is 1. The molecule has 0 spiro atoms. The van der Waals surface area contributed by atoms with E-state index in [4.69, 9.17) is 23.2 Å². The van der Waals surface area contributed by atoms with Gasteiger partial charge in [0.15, 0.2) is 0 Å². The molecule has 17 heavy (non-hydrogen) atoms. The third kappa shape index (κ3) is 2.06. The Morgan fingerprint density at radius 2 is 1.88 bits per heavy atom. The summed E-state index contributed by atoms with van der Waals surface area (Å²) in [5.74, 6) is 0. The number of hydrogen-bond acceptors (Lipinski definition) is 2. The quantitative estimate of drug-likeness (QED) is 0.911. The molecule has 1 aromatic carbocycles. The Morgan fingerprint density at radius 3 is 2.41 bits per heavy atom. The molecule has 5 heteroatoms. The van der Waals surface area contributed by atoms with Crippen LogP contribution in [0.2, 0.25) is 10.0 Å². The van der Waals surface area contributed by atoms with Crippen molar-refractivity contribution >= 4 is 23.2 Å². The molecule has 1 aromatic heterocycles. The summed E-state index contributed by atoms with van der Waals surface area (Å²) in [5.41, 5.74) is -0.153. The van der Waals surface area contributed by atoms with Crippen LogP contribution in [0.5, 0.6) is 0 Å². The second kappa shape index (κ2) is 4.33. The highest BCUT2D eigenvalue weighted by Crippen LogP contribution is 2.36. The lowest BCUT2D eigenvalue weighted by Gasteiger charge is -2.25. The smallest absolute Gasteiger partial charge is 0.131 e. The van der Waals surface area contributed by atoms with Crippen LogP contribution in [0.4, 0.5) is 0 Å². The molecule has 0 radical (unpaired) electrons. The topological polar surface area (TPSA) is 38.0 Å². The van der Waals surface area contributed by atoms with E-state index >= 15 is 0 Å². The van der Waals surface area contributed by atoms with Gasteiger partial charge >= 0.3 is 0 Å². The zero-order valence-electron chi connectivity index (χ0n) is 9.48. The van der Waals surface area contributed by atoms with E-state index in [0.717, 1.165) is 0 Å². The summed E-state index contributed by atoms with van der Waals surface area (Å²) in [7, 11) is 1.73. The minimum atomic E-state index is -1.28. The predicted octanol–water partition coefficient (Wildman–Crippen LogP) is 2.98. The Bertz CT molecular complexity index is 530. The SMILES string of the molecule is Cn1ncc(Cl)c1C(C)(O)c1ccccc1Cl. The molecule has 1 unspecified atom stereocenters. The van der Waals surface area contributed by atoms with Crippen molar-refractivity contribution in [2.75, 3.05) is 0 Å². The monoisotopic (exact) mass is 270 g/mol. The first kappa shape index (κ1) is 12.4. The average molecular weight is 271 g/mol. The lowest BCUT2D eigenvalue weighted by molar-refractivity contribution is 0.0931. The van der Waals surface area contributed by atoms with Gasteiger partial charge in [-0.15, -0.1) is 0 Å². The van der Waals surface area contributed by atoms with E-state index in [-0.39, 0.29) is 0 Å². The predicted molar refractivity (Wildman–Crippen MR) is 68.3 cm³/mol. The molecule has 3 nitrogen and oxygen atoms in total. The van der Waals surface area contributed by atoms with Crippen LogP contribution < -0.4 is 0 Å². The van der Waals surface area contributed by atoms with Crippen LogP contribution in [0.1, 0.15) is 18.2 Å². The van der Waals surface area contributed by atoms with E-state index in [9.17, 15) is 5.11 Å². The molecule has 0 saturated carbocycles. The standard InChI is InChI=1S/C12H12Cl2N2O/c1-12(17,8-5-3-4-6-9(8)13)11-10(14)7-15-16(11)2/h3-7,17H,1-2H3. The zero-order valence-corrected chi connectivity index (χ0v) is 11.0. The summed E-state index contributed by atoms with van der Waals surface area (Å²) in [5, 5.41) is 15.6. The first-order valence-electron chi connectivity index (χ1n) is 5.10. The van der Waals surface area contributed by atoms with Gasteiger partial charge in [-0.1, -0.05) is 41.4 Å². The molecule has 0 amide bonds. The molecule has 0 aliphatic heterocycles. The van der Waals surface area contributed by atoms with E-state index in [1.165, 1.54) is 6.20 Å². The van der Waals surface area contributed by atoms with Crippen molar-refractivity contribution in [1.82, 2.24) is 9.78 Å². The third-order valence-electron chi connectivity index (χ3n) is 2.75. The van der Waals surface area contributed by atoms with Gasteiger partial charge < -0.3 is 5.11 Å². The molecule has 0 saturated heterocycles. The van der Waals surface area contributed by atoms with Gasteiger partial charge in [-0.25, -0.2) is 0 Å². The summed E-state index contributed by atoms with van der Waals surface area (Å²) < 4.78 is 1.55. The van der Waals surface area contributed by atoms with E-state index in [0.29, 0.717) is 21.3 Å². The fourth-order valence-electron chi connectivity index (χ4n) is 1.94. The van der Waals surface area contributed by atoms with Crippen LogP contribution in [0.3, 0.4) is 0 Å². The molecule has 1 N–H and O–H groups in total. The molecule has 0 aliphatic rings. The van der Waals surface area contributed by atoms with Crippen molar-refractivity contribution < 1.29 is 5.11 Å². The maximum absolute atomic E-state index is 10.7. The van der Waals surface area contributed by atoms with Crippen LogP contribution >= 0.6 is 23.2 Å². The Hall–Kier alpha value is -1.03. The first-order chi connectivity index (χ1) is 7.94. The lowest BCUT2D eigenvalue weighted by atomic mass is 9.92. The molecule has 0 fully saturated rings. The van der Waals surface area contributed by atoms with Crippen molar-refractivity contribution in [1.29, 1.82) is 0 Å². The molecular weight excluding hydrogens is 259 g/mol. The van der Waals surface area contributed by atoms with E-state index < -0.39 is 5.60 Å². The van der Waals surface area contributed by atoms with Gasteiger partial charge in [0.1, 0.15) is 5.60 Å². The summed E-state index contributed by atoms with van der Waals surface area (Å²) in [6, 6.07) is 7.13. The summed E-state index contributed by atoms with van der Waals surface area (Å²) >= 11 is 12.1. The number of halogens is 2. The second-order valence-electron chi connectivity index (χ2n) is 4.02. The molecule has 2 aromatic rings. The highest BCUT2D eigenvalue weighted by atomic mass is 35.5. The number of aromatic nitrogens is 2. The van der Waals surface area contributed by atoms with Gasteiger partial charge in [0.25, 0.3) is 0 Å². The fraction of sp³-hybridized carbons (Fsp3) is 0.250. The molecule has 90 valence electrons. The van der Waals surface area contributed by atoms with Gasteiger partial charge in [-0.2, -0.15) is 5.10 Å².